The van der Waals surface area contributed by atoms with Crippen molar-refractivity contribution in [1.29, 1.82) is 0 Å². The summed E-state index contributed by atoms with van der Waals surface area (Å²) < 4.78 is 40.2. The zero-order valence-corrected chi connectivity index (χ0v) is 19.2. The number of amides is 3. The Balaban J connectivity index is 1.37. The topological polar surface area (TPSA) is 104 Å². The summed E-state index contributed by atoms with van der Waals surface area (Å²) in [6.07, 6.45) is 1.09. The van der Waals surface area contributed by atoms with Gasteiger partial charge in [-0.2, -0.15) is 4.31 Å². The van der Waals surface area contributed by atoms with Crippen molar-refractivity contribution < 1.29 is 27.2 Å². The summed E-state index contributed by atoms with van der Waals surface area (Å²) in [6.45, 7) is 0.516. The lowest BCUT2D eigenvalue weighted by atomic mass is 9.98. The maximum atomic E-state index is 13.2. The molecule has 1 N–H and O–H groups in total. The lowest BCUT2D eigenvalue weighted by Crippen LogP contribution is -2.43. The molecule has 0 radical (unpaired) electrons. The number of sulfonamides is 1. The highest BCUT2D eigenvalue weighted by atomic mass is 32.2. The Morgan fingerprint density at radius 1 is 1.09 bits per heavy atom. The number of carbonyl (C=O) groups excluding carboxylic acids is 3. The van der Waals surface area contributed by atoms with Crippen molar-refractivity contribution in [2.24, 2.45) is 5.92 Å². The standard InChI is InChI=1S/C22H22FN3O5S2/c23-17-5-9-19(10-6-17)33(30,31)25-11-1-2-16(13-25)21(28)24-18-7-3-15(4-8-18)12-26-20(27)14-32-22(26)29/h3-10,16H,1-2,11-14H2,(H,24,28). The highest BCUT2D eigenvalue weighted by Crippen LogP contribution is 2.26. The van der Waals surface area contributed by atoms with Crippen LogP contribution in [-0.2, 0) is 26.2 Å². The van der Waals surface area contributed by atoms with Crippen LogP contribution in [0.25, 0.3) is 0 Å². The van der Waals surface area contributed by atoms with E-state index in [1.807, 2.05) is 0 Å². The van der Waals surface area contributed by atoms with E-state index < -0.39 is 21.8 Å². The van der Waals surface area contributed by atoms with Crippen LogP contribution < -0.4 is 5.32 Å². The lowest BCUT2D eigenvalue weighted by molar-refractivity contribution is -0.125. The Morgan fingerprint density at radius 2 is 1.79 bits per heavy atom. The third kappa shape index (κ3) is 5.26. The van der Waals surface area contributed by atoms with E-state index in [4.69, 9.17) is 0 Å². The average Bonchev–Trinajstić information content (AvgIpc) is 3.12. The molecule has 0 aromatic heterocycles. The molecular formula is C22H22FN3O5S2. The number of anilines is 1. The molecule has 2 aliphatic heterocycles. The number of hydrogen-bond donors (Lipinski definition) is 1. The van der Waals surface area contributed by atoms with Crippen LogP contribution in [0.15, 0.2) is 53.4 Å². The fourth-order valence-corrected chi connectivity index (χ4v) is 6.03. The minimum Gasteiger partial charge on any atom is -0.326 e. The van der Waals surface area contributed by atoms with E-state index in [2.05, 4.69) is 5.32 Å². The first-order valence-electron chi connectivity index (χ1n) is 10.4. The average molecular weight is 492 g/mol. The monoisotopic (exact) mass is 491 g/mol. The van der Waals surface area contributed by atoms with E-state index in [0.29, 0.717) is 25.1 Å². The molecule has 174 valence electrons. The Kier molecular flexibility index (Phi) is 6.82. The first kappa shape index (κ1) is 23.4. The van der Waals surface area contributed by atoms with E-state index in [1.54, 1.807) is 24.3 Å². The maximum absolute atomic E-state index is 13.2. The van der Waals surface area contributed by atoms with Gasteiger partial charge in [-0.05, 0) is 54.8 Å². The van der Waals surface area contributed by atoms with E-state index in [1.165, 1.54) is 21.3 Å². The summed E-state index contributed by atoms with van der Waals surface area (Å²) >= 11 is 0.978. The minimum atomic E-state index is -3.82. The van der Waals surface area contributed by atoms with Gasteiger partial charge in [0.05, 0.1) is 23.1 Å². The Labute approximate surface area is 195 Å². The number of rotatable bonds is 6. The number of piperidine rings is 1. The molecule has 2 saturated heterocycles. The molecule has 3 amide bonds. The third-order valence-corrected chi connectivity index (χ3v) is 8.35. The molecule has 1 atom stereocenters. The molecule has 0 aliphatic carbocycles. The molecule has 33 heavy (non-hydrogen) atoms. The van der Waals surface area contributed by atoms with Gasteiger partial charge in [-0.1, -0.05) is 23.9 Å². The van der Waals surface area contributed by atoms with E-state index in [-0.39, 0.29) is 40.8 Å². The van der Waals surface area contributed by atoms with Crippen molar-refractivity contribution in [2.75, 3.05) is 24.2 Å². The van der Waals surface area contributed by atoms with Gasteiger partial charge < -0.3 is 5.32 Å². The second-order valence-electron chi connectivity index (χ2n) is 7.88. The number of nitrogens with zero attached hydrogens (tertiary/aromatic N) is 2. The zero-order chi connectivity index (χ0) is 23.6. The number of hydrogen-bond acceptors (Lipinski definition) is 6. The molecule has 2 fully saturated rings. The molecule has 8 nitrogen and oxygen atoms in total. The number of halogens is 1. The number of benzene rings is 2. The Bertz CT molecular complexity index is 1150. The number of imide groups is 1. The molecule has 0 saturated carbocycles. The van der Waals surface area contributed by atoms with Crippen LogP contribution in [0.2, 0.25) is 0 Å². The van der Waals surface area contributed by atoms with Crippen LogP contribution in [0.1, 0.15) is 18.4 Å². The summed E-state index contributed by atoms with van der Waals surface area (Å²) in [5.41, 5.74) is 1.29. The van der Waals surface area contributed by atoms with Crippen LogP contribution in [-0.4, -0.2) is 53.5 Å². The number of thioether (sulfide) groups is 1. The maximum Gasteiger partial charge on any atom is 0.289 e. The lowest BCUT2D eigenvalue weighted by Gasteiger charge is -2.31. The summed E-state index contributed by atoms with van der Waals surface area (Å²) in [5, 5.41) is 2.54. The summed E-state index contributed by atoms with van der Waals surface area (Å²) in [5.74, 6) is -1.40. The fraction of sp³-hybridized carbons (Fsp3) is 0.318. The SMILES string of the molecule is O=C(Nc1ccc(CN2C(=O)CSC2=O)cc1)C1CCCN(S(=O)(=O)c2ccc(F)cc2)C1. The van der Waals surface area contributed by atoms with E-state index >= 15 is 0 Å². The van der Waals surface area contributed by atoms with Crippen LogP contribution in [0.5, 0.6) is 0 Å². The molecule has 11 heteroatoms. The number of nitrogens with one attached hydrogen (secondary N) is 1. The first-order chi connectivity index (χ1) is 15.7. The molecule has 0 bridgehead atoms. The van der Waals surface area contributed by atoms with Gasteiger partial charge in [-0.3, -0.25) is 19.3 Å². The van der Waals surface area contributed by atoms with Gasteiger partial charge in [-0.25, -0.2) is 12.8 Å². The molecule has 0 spiro atoms. The van der Waals surface area contributed by atoms with Crippen LogP contribution >= 0.6 is 11.8 Å². The predicted octanol–water partition coefficient (Wildman–Crippen LogP) is 3.06. The molecule has 2 aliphatic rings. The van der Waals surface area contributed by atoms with Crippen molar-refractivity contribution >= 4 is 44.5 Å². The van der Waals surface area contributed by atoms with Gasteiger partial charge in [0.25, 0.3) is 5.24 Å². The zero-order valence-electron chi connectivity index (χ0n) is 17.6. The van der Waals surface area contributed by atoms with E-state index in [9.17, 15) is 27.2 Å². The summed E-state index contributed by atoms with van der Waals surface area (Å²) in [6, 6.07) is 11.5. The second-order valence-corrected chi connectivity index (χ2v) is 10.7. The van der Waals surface area contributed by atoms with Crippen LogP contribution in [0.4, 0.5) is 14.9 Å². The van der Waals surface area contributed by atoms with Gasteiger partial charge in [0.1, 0.15) is 5.82 Å². The molecular weight excluding hydrogens is 469 g/mol. The predicted molar refractivity (Wildman–Crippen MR) is 121 cm³/mol. The van der Waals surface area contributed by atoms with E-state index in [0.717, 1.165) is 29.5 Å². The number of carbonyl (C=O) groups is 3. The van der Waals surface area contributed by atoms with Crippen molar-refractivity contribution in [3.63, 3.8) is 0 Å². The van der Waals surface area contributed by atoms with Crippen LogP contribution in [0.3, 0.4) is 0 Å². The first-order valence-corrected chi connectivity index (χ1v) is 12.8. The van der Waals surface area contributed by atoms with Crippen molar-refractivity contribution in [3.05, 3.63) is 59.9 Å². The fourth-order valence-electron chi connectivity index (χ4n) is 3.78. The highest BCUT2D eigenvalue weighted by molar-refractivity contribution is 8.14. The molecule has 4 rings (SSSR count). The summed E-state index contributed by atoms with van der Waals surface area (Å²) in [4.78, 5) is 37.4. The van der Waals surface area contributed by atoms with Crippen LogP contribution in [0, 0.1) is 11.7 Å². The minimum absolute atomic E-state index is 0.00564. The van der Waals surface area contributed by atoms with Gasteiger partial charge in [-0.15, -0.1) is 0 Å². The normalized spacial score (nSPS) is 19.7. The largest absolute Gasteiger partial charge is 0.326 e. The molecule has 2 heterocycles. The molecule has 1 unspecified atom stereocenters. The quantitative estimate of drug-likeness (QED) is 0.666. The van der Waals surface area contributed by atoms with Crippen molar-refractivity contribution in [2.45, 2.75) is 24.3 Å². The second kappa shape index (κ2) is 9.62. The van der Waals surface area contributed by atoms with Crippen molar-refractivity contribution in [3.8, 4) is 0 Å². The van der Waals surface area contributed by atoms with Crippen molar-refractivity contribution in [1.82, 2.24) is 9.21 Å². The Morgan fingerprint density at radius 3 is 2.42 bits per heavy atom. The Hall–Kier alpha value is -2.76. The molecule has 2 aromatic carbocycles. The highest BCUT2D eigenvalue weighted by Gasteiger charge is 2.33. The third-order valence-electron chi connectivity index (χ3n) is 5.61. The summed E-state index contributed by atoms with van der Waals surface area (Å²) in [7, 11) is -3.82. The van der Waals surface area contributed by atoms with Gasteiger partial charge in [0.2, 0.25) is 21.8 Å². The molecule has 2 aromatic rings. The van der Waals surface area contributed by atoms with Gasteiger partial charge in [0.15, 0.2) is 0 Å². The smallest absolute Gasteiger partial charge is 0.289 e. The van der Waals surface area contributed by atoms with Gasteiger partial charge in [0, 0.05) is 18.8 Å². The van der Waals surface area contributed by atoms with Gasteiger partial charge >= 0.3 is 0 Å².